The average molecular weight is 1650 g/mol. The van der Waals surface area contributed by atoms with Gasteiger partial charge in [0.1, 0.15) is 78.3 Å². The number of carboxylic acids is 2. The van der Waals surface area contributed by atoms with Crippen LogP contribution in [0, 0.1) is 11.3 Å². The second-order valence-corrected chi connectivity index (χ2v) is 29.2. The summed E-state index contributed by atoms with van der Waals surface area (Å²) in [6.45, 7) is 3.37. The lowest BCUT2D eigenvalue weighted by Gasteiger charge is -2.28. The van der Waals surface area contributed by atoms with Gasteiger partial charge in [0.05, 0.1) is 19.4 Å². The predicted molar refractivity (Wildman–Crippen MR) is 431 cm³/mol. The number of amides is 14. The molecule has 0 saturated carbocycles. The highest BCUT2D eigenvalue weighted by atomic mass is 16.4. The summed E-state index contributed by atoms with van der Waals surface area (Å²) in [6, 6.07) is 4.43. The molecule has 40 heteroatoms. The summed E-state index contributed by atoms with van der Waals surface area (Å²) >= 11 is 0. The lowest BCUT2D eigenvalue weighted by atomic mass is 10.0. The number of unbranched alkanes of at least 4 members (excludes halogenated alkanes) is 4. The minimum absolute atomic E-state index is 0.0456. The van der Waals surface area contributed by atoms with E-state index in [-0.39, 0.29) is 159 Å². The fourth-order valence-corrected chi connectivity index (χ4v) is 12.6. The Morgan fingerprint density at radius 3 is 1.13 bits per heavy atom. The molecule has 1 aliphatic heterocycles. The zero-order valence-corrected chi connectivity index (χ0v) is 66.7. The van der Waals surface area contributed by atoms with E-state index in [0.29, 0.717) is 36.0 Å². The Bertz CT molecular complexity index is 3830. The van der Waals surface area contributed by atoms with E-state index in [0.717, 1.165) is 0 Å². The number of aliphatic carboxylic acids is 2. The number of phenolic OH excluding ortho intramolecular Hbond substituents is 1. The molecular weight excluding hydrogens is 1530 g/mol. The molecular formula is C78H119N21O19. The number of nitrogens with one attached hydrogen (secondary N) is 15. The molecule has 0 unspecified atom stereocenters. The Balaban J connectivity index is 1.64. The second-order valence-electron chi connectivity index (χ2n) is 29.2. The van der Waals surface area contributed by atoms with E-state index in [1.54, 1.807) is 74.5 Å². The van der Waals surface area contributed by atoms with E-state index in [9.17, 15) is 92.0 Å². The first-order valence-corrected chi connectivity index (χ1v) is 39.6. The summed E-state index contributed by atoms with van der Waals surface area (Å²) in [5.74, 6) is -17.0. The van der Waals surface area contributed by atoms with Crippen molar-refractivity contribution < 1.29 is 92.0 Å². The van der Waals surface area contributed by atoms with E-state index < -0.39 is 187 Å². The van der Waals surface area contributed by atoms with Gasteiger partial charge in [-0.25, -0.2) is 0 Å². The number of nitrogens with two attached hydrogens (primary N) is 6. The van der Waals surface area contributed by atoms with Crippen molar-refractivity contribution in [2.24, 2.45) is 40.3 Å². The molecule has 0 bridgehead atoms. The Morgan fingerprint density at radius 2 is 0.754 bits per heavy atom. The summed E-state index contributed by atoms with van der Waals surface area (Å²) in [4.78, 5) is 221. The van der Waals surface area contributed by atoms with Crippen molar-refractivity contribution in [2.75, 3.05) is 39.3 Å². The molecule has 30 N–H and O–H groups in total. The Labute approximate surface area is 684 Å². The number of guanidine groups is 1. The summed E-state index contributed by atoms with van der Waals surface area (Å²) in [5, 5.41) is 73.7. The van der Waals surface area contributed by atoms with Crippen LogP contribution in [0.25, 0.3) is 0 Å². The van der Waals surface area contributed by atoms with Crippen LogP contribution in [-0.4, -0.2) is 228 Å². The number of benzene rings is 3. The number of primary amides is 1. The Morgan fingerprint density at radius 1 is 0.415 bits per heavy atom. The fourth-order valence-electron chi connectivity index (χ4n) is 12.6. The van der Waals surface area contributed by atoms with Crippen molar-refractivity contribution in [3.05, 3.63) is 102 Å². The van der Waals surface area contributed by atoms with Crippen molar-refractivity contribution in [1.29, 1.82) is 5.41 Å². The predicted octanol–water partition coefficient (Wildman–Crippen LogP) is -4.59. The molecule has 1 fully saturated rings. The first-order chi connectivity index (χ1) is 56.2. The summed E-state index contributed by atoms with van der Waals surface area (Å²) in [5.41, 5.74) is 35.9. The van der Waals surface area contributed by atoms with Crippen LogP contribution < -0.4 is 109 Å². The Kier molecular flexibility index (Phi) is 44.5. The van der Waals surface area contributed by atoms with Gasteiger partial charge in [-0.15, -0.1) is 0 Å². The zero-order valence-electron chi connectivity index (χ0n) is 66.7. The van der Waals surface area contributed by atoms with Crippen LogP contribution >= 0.6 is 0 Å². The third-order valence-corrected chi connectivity index (χ3v) is 18.9. The van der Waals surface area contributed by atoms with Crippen molar-refractivity contribution in [3.8, 4) is 5.75 Å². The molecule has 4 rings (SSSR count). The van der Waals surface area contributed by atoms with E-state index in [2.05, 4.69) is 74.4 Å². The maximum absolute atomic E-state index is 14.9. The number of hydrogen-bond donors (Lipinski definition) is 24. The number of aromatic hydroxyl groups is 1. The zero-order chi connectivity index (χ0) is 87.2. The minimum atomic E-state index is -2.04. The third kappa shape index (κ3) is 37.8. The maximum atomic E-state index is 14.9. The monoisotopic (exact) mass is 1650 g/mol. The molecule has 40 nitrogen and oxygen atoms in total. The number of carboxylic acid groups (broad SMARTS) is 2. The van der Waals surface area contributed by atoms with Gasteiger partial charge in [0.2, 0.25) is 82.7 Å². The van der Waals surface area contributed by atoms with Gasteiger partial charge in [-0.1, -0.05) is 86.6 Å². The van der Waals surface area contributed by atoms with Gasteiger partial charge in [-0.2, -0.15) is 0 Å². The Hall–Kier alpha value is -11.9. The maximum Gasteiger partial charge on any atom is 0.305 e. The SMILES string of the molecule is CC(C)C[C@H](NC(=O)CNC(=O)[C@H](Cc1ccc(O)cc1)NC(=O)[C@H](Cc1ccccc1)NC(=O)[C@H](CCCNC(=N)N)NC(=O)[C@H](CC(=O)O)NC(=O)[C@H](CCCCN)NC(=O)[C@H](CCCCN)NC(=O)[C@H](CC(=O)O)NC(=O)[C@H](CCCCN)NC(=O)[C@H](CCCCN)NC(=O)[C@@H]1CCC(=O)N1)C(=O)N[C@@H](Cc1ccccc1)C(N)=O. The standard InChI is InChI=1S/C78H119N21O19/c1-45(2)38-57(74(115)95-56(66(83)107)39-46-18-5-3-6-19-46)89-63(102)44-87-67(108)58(41-48-27-29-49(100)30-28-48)96-75(116)59(40-47-20-7-4-8-21-47)97-72(113)54(26-17-37-86-78(84)85)94-77(118)61(43-65(105)106)99-71(112)53(25-12-16-36-82)91-69(110)51(23-10-14-34-80)93-76(117)60(42-64(103)104)98-70(111)52(24-11-15-35-81)90-68(109)50(22-9-13-33-79)92-73(114)55-31-32-62(101)88-55/h3-8,18-21,27-30,45,50-61,100H,9-17,22-26,31-44,79-82H2,1-2H3,(H2,83,107)(H,87,108)(H,88,101)(H,89,102)(H,90,109)(H,91,110)(H,92,114)(H,93,117)(H,94,118)(H,95,115)(H,96,116)(H,97,113)(H,98,111)(H,99,112)(H,103,104)(H,105,106)(H4,84,85,86)/t50-,51-,52-,53-,54-,55-,56-,57-,58-,59-,60-,61-/m0/s1. The number of carbonyl (C=O) groups is 16. The van der Waals surface area contributed by atoms with Gasteiger partial charge in [0.15, 0.2) is 5.96 Å². The highest BCUT2D eigenvalue weighted by Gasteiger charge is 2.39. The molecule has 3 aromatic carbocycles. The van der Waals surface area contributed by atoms with Gasteiger partial charge in [0.25, 0.3) is 0 Å². The van der Waals surface area contributed by atoms with Gasteiger partial charge >= 0.3 is 11.9 Å². The van der Waals surface area contributed by atoms with Crippen LogP contribution in [0.15, 0.2) is 84.9 Å². The highest BCUT2D eigenvalue weighted by Crippen LogP contribution is 2.17. The molecule has 12 atom stereocenters. The van der Waals surface area contributed by atoms with Crippen molar-refractivity contribution in [3.63, 3.8) is 0 Å². The van der Waals surface area contributed by atoms with Crippen LogP contribution in [-0.2, 0) is 96.0 Å². The summed E-state index contributed by atoms with van der Waals surface area (Å²) in [6.07, 6.45) is -1.00. The first kappa shape index (κ1) is 98.5. The van der Waals surface area contributed by atoms with Crippen molar-refractivity contribution in [1.82, 2.24) is 74.4 Å². The van der Waals surface area contributed by atoms with Gasteiger partial charge in [0, 0.05) is 32.2 Å². The van der Waals surface area contributed by atoms with Crippen molar-refractivity contribution in [2.45, 2.75) is 228 Å². The molecule has 0 aromatic heterocycles. The molecule has 14 amide bonds. The second kappa shape index (κ2) is 53.4. The number of hydrogen-bond acceptors (Lipinski definition) is 22. The smallest absolute Gasteiger partial charge is 0.305 e. The topological polar surface area (TPSA) is 682 Å². The number of carbonyl (C=O) groups excluding carboxylic acids is 14. The summed E-state index contributed by atoms with van der Waals surface area (Å²) in [7, 11) is 0. The lowest BCUT2D eigenvalue weighted by molar-refractivity contribution is -0.142. The van der Waals surface area contributed by atoms with Crippen LogP contribution in [0.3, 0.4) is 0 Å². The van der Waals surface area contributed by atoms with Crippen LogP contribution in [0.5, 0.6) is 5.75 Å². The van der Waals surface area contributed by atoms with E-state index in [1.165, 1.54) is 24.3 Å². The number of phenols is 1. The van der Waals surface area contributed by atoms with Gasteiger partial charge < -0.3 is 124 Å². The van der Waals surface area contributed by atoms with Crippen LogP contribution in [0.2, 0.25) is 0 Å². The van der Waals surface area contributed by atoms with E-state index in [1.807, 2.05) is 0 Å². The largest absolute Gasteiger partial charge is 0.508 e. The summed E-state index contributed by atoms with van der Waals surface area (Å²) < 4.78 is 0. The molecule has 0 aliphatic carbocycles. The molecule has 1 saturated heterocycles. The number of rotatable bonds is 57. The van der Waals surface area contributed by atoms with E-state index in [4.69, 9.17) is 39.8 Å². The quantitative estimate of drug-likeness (QED) is 0.0144. The third-order valence-electron chi connectivity index (χ3n) is 18.9. The van der Waals surface area contributed by atoms with Gasteiger partial charge in [-0.3, -0.25) is 82.1 Å². The van der Waals surface area contributed by atoms with Gasteiger partial charge in [-0.05, 0) is 164 Å². The van der Waals surface area contributed by atoms with E-state index >= 15 is 0 Å². The first-order valence-electron chi connectivity index (χ1n) is 39.6. The van der Waals surface area contributed by atoms with Crippen LogP contribution in [0.4, 0.5) is 0 Å². The molecule has 0 spiro atoms. The van der Waals surface area contributed by atoms with Crippen molar-refractivity contribution >= 4 is 101 Å². The normalized spacial score (nSPS) is 15.1. The minimum Gasteiger partial charge on any atom is -0.508 e. The lowest BCUT2D eigenvalue weighted by Crippen LogP contribution is -2.61. The molecule has 650 valence electrons. The molecule has 3 aromatic rings. The highest BCUT2D eigenvalue weighted by molar-refractivity contribution is 6.01. The molecule has 118 heavy (non-hydrogen) atoms. The van der Waals surface area contributed by atoms with Crippen LogP contribution in [0.1, 0.15) is 153 Å². The molecule has 1 aliphatic rings. The molecule has 0 radical (unpaired) electrons. The average Bonchev–Trinajstić information content (AvgIpc) is 0.994. The fraction of sp³-hybridized carbons (Fsp3) is 0.551. The molecule has 1 heterocycles.